The number of hydrogen-bond acceptors (Lipinski definition) is 7. The number of likely N-dealkylation sites (N-methyl/N-ethyl adjacent to an activating group) is 1. The fraction of sp³-hybridized carbons (Fsp3) is 0.300. The summed E-state index contributed by atoms with van der Waals surface area (Å²) in [5, 5.41) is 7.93. The number of pyridine rings is 1. The number of fused-ring (bicyclic) bond motifs is 1. The molecular weight excluding hydrogens is 420 g/mol. The lowest BCUT2D eigenvalue weighted by molar-refractivity contribution is 0.193. The molecule has 0 fully saturated rings. The van der Waals surface area contributed by atoms with Crippen molar-refractivity contribution in [2.24, 2.45) is 7.05 Å². The molecule has 0 aliphatic heterocycles. The van der Waals surface area contributed by atoms with Crippen LogP contribution in [-0.2, 0) is 11.8 Å². The van der Waals surface area contributed by atoms with Gasteiger partial charge in [0.1, 0.15) is 39.5 Å². The van der Waals surface area contributed by atoms with Crippen molar-refractivity contribution in [1.29, 1.82) is 0 Å². The van der Waals surface area contributed by atoms with Gasteiger partial charge in [0.25, 0.3) is 0 Å². The van der Waals surface area contributed by atoms with Crippen LogP contribution in [0.1, 0.15) is 11.9 Å². The van der Waals surface area contributed by atoms with Crippen molar-refractivity contribution in [1.82, 2.24) is 39.2 Å². The number of nitrogens with one attached hydrogen (secondary N) is 1. The third kappa shape index (κ3) is 3.43. The first kappa shape index (κ1) is 20.9. The summed E-state index contributed by atoms with van der Waals surface area (Å²) in [7, 11) is 8.87. The molecule has 10 nitrogen and oxygen atoms in total. The van der Waals surface area contributed by atoms with Gasteiger partial charge in [0, 0.05) is 19.4 Å². The monoisotopic (exact) mass is 442 g/mol. The second kappa shape index (κ2) is 8.05. The van der Waals surface area contributed by atoms with E-state index in [4.69, 9.17) is 26.1 Å². The van der Waals surface area contributed by atoms with Crippen molar-refractivity contribution in [2.75, 3.05) is 28.3 Å². The molecule has 0 spiro atoms. The summed E-state index contributed by atoms with van der Waals surface area (Å²) in [5.41, 5.74) is 3.00. The number of aromatic nitrogens is 7. The number of nitrogens with zero attached hydrogens (tertiary/aromatic N) is 7. The van der Waals surface area contributed by atoms with E-state index in [1.54, 1.807) is 19.6 Å². The maximum atomic E-state index is 6.35. The first-order chi connectivity index (χ1) is 14.9. The smallest absolute Gasteiger partial charge is 0.233 e. The first-order valence-corrected chi connectivity index (χ1v) is 9.78. The van der Waals surface area contributed by atoms with Crippen LogP contribution in [0.15, 0.2) is 37.1 Å². The fourth-order valence-corrected chi connectivity index (χ4v) is 3.84. The van der Waals surface area contributed by atoms with E-state index in [0.717, 1.165) is 16.9 Å². The lowest BCUT2D eigenvalue weighted by Crippen LogP contribution is -2.23. The summed E-state index contributed by atoms with van der Waals surface area (Å²) in [5.74, 6) is 1.99. The molecule has 4 aromatic heterocycles. The molecule has 4 rings (SSSR count). The third-order valence-corrected chi connectivity index (χ3v) is 5.35. The number of imidazole rings is 1. The van der Waals surface area contributed by atoms with Crippen LogP contribution < -0.4 is 4.74 Å². The van der Waals surface area contributed by atoms with Gasteiger partial charge < -0.3 is 18.6 Å². The minimum atomic E-state index is -0.287. The van der Waals surface area contributed by atoms with Crippen molar-refractivity contribution in [3.63, 3.8) is 0 Å². The van der Waals surface area contributed by atoms with E-state index in [1.165, 1.54) is 7.11 Å². The van der Waals surface area contributed by atoms with E-state index in [2.05, 4.69) is 26.7 Å². The SMILES string of the molecule is C=C(OC)[C@H](c1nc(-c2c(-n3ccnc3)c3nc(OC)c(Cl)cc3n2C)n[nH]1)N(C)C. The molecular formula is C20H23ClN8O2. The van der Waals surface area contributed by atoms with Gasteiger partial charge in [-0.25, -0.2) is 15.0 Å². The number of aryl methyl sites for hydroxylation is 1. The Balaban J connectivity index is 1.96. The highest BCUT2D eigenvalue weighted by molar-refractivity contribution is 6.32. The van der Waals surface area contributed by atoms with E-state index in [-0.39, 0.29) is 6.04 Å². The highest BCUT2D eigenvalue weighted by atomic mass is 35.5. The highest BCUT2D eigenvalue weighted by Crippen LogP contribution is 2.37. The van der Waals surface area contributed by atoms with Crippen LogP contribution in [0, 0.1) is 0 Å². The van der Waals surface area contributed by atoms with Gasteiger partial charge in [-0.05, 0) is 20.2 Å². The molecule has 11 heteroatoms. The minimum Gasteiger partial charge on any atom is -0.500 e. The molecule has 4 heterocycles. The number of H-pyrrole nitrogens is 1. The predicted molar refractivity (Wildman–Crippen MR) is 117 cm³/mol. The van der Waals surface area contributed by atoms with E-state index in [0.29, 0.717) is 33.8 Å². The second-order valence-corrected chi connectivity index (χ2v) is 7.56. The standard InChI is InChI=1S/C20H23ClN8O2/c1-11(30-5)15(27(2)3)18-24-19(26-25-18)17-16(29-8-7-22-10-29)14-13(28(17)4)9-12(21)20(23-14)31-6/h7-10,15H,1H2,2-6H3,(H,24,25,26)/t15-/m1/s1. The molecule has 162 valence electrons. The number of rotatable bonds is 7. The summed E-state index contributed by atoms with van der Waals surface area (Å²) >= 11 is 6.35. The number of hydrogen-bond donors (Lipinski definition) is 1. The van der Waals surface area contributed by atoms with Gasteiger partial charge in [-0.3, -0.25) is 10.00 Å². The van der Waals surface area contributed by atoms with Crippen LogP contribution in [0.5, 0.6) is 5.88 Å². The van der Waals surface area contributed by atoms with Crippen molar-refractivity contribution in [2.45, 2.75) is 6.04 Å². The van der Waals surface area contributed by atoms with Crippen LogP contribution in [0.25, 0.3) is 28.2 Å². The number of aromatic amines is 1. The van der Waals surface area contributed by atoms with Gasteiger partial charge in [-0.2, -0.15) is 5.10 Å². The lowest BCUT2D eigenvalue weighted by atomic mass is 10.2. The zero-order chi connectivity index (χ0) is 22.3. The van der Waals surface area contributed by atoms with Crippen LogP contribution in [0.3, 0.4) is 0 Å². The Labute approximate surface area is 184 Å². The Morgan fingerprint density at radius 2 is 2.06 bits per heavy atom. The Morgan fingerprint density at radius 3 is 2.68 bits per heavy atom. The number of ether oxygens (including phenoxy) is 2. The molecule has 0 saturated heterocycles. The molecule has 0 amide bonds. The number of halogens is 1. The second-order valence-electron chi connectivity index (χ2n) is 7.15. The Morgan fingerprint density at radius 1 is 1.29 bits per heavy atom. The van der Waals surface area contributed by atoms with Gasteiger partial charge in [-0.1, -0.05) is 18.2 Å². The zero-order valence-corrected chi connectivity index (χ0v) is 18.7. The molecule has 1 atom stereocenters. The first-order valence-electron chi connectivity index (χ1n) is 9.40. The average Bonchev–Trinajstić information content (AvgIpc) is 3.47. The molecule has 0 aromatic carbocycles. The Kier molecular flexibility index (Phi) is 5.42. The molecule has 31 heavy (non-hydrogen) atoms. The Hall–Kier alpha value is -3.37. The quantitative estimate of drug-likeness (QED) is 0.439. The summed E-state index contributed by atoms with van der Waals surface area (Å²) in [6.07, 6.45) is 5.23. The average molecular weight is 443 g/mol. The van der Waals surface area contributed by atoms with Crippen molar-refractivity contribution in [3.8, 4) is 23.1 Å². The maximum absolute atomic E-state index is 6.35. The van der Waals surface area contributed by atoms with Crippen molar-refractivity contribution in [3.05, 3.63) is 48.0 Å². The topological polar surface area (TPSA) is 98.9 Å². The normalized spacial score (nSPS) is 12.5. The molecule has 0 radical (unpaired) electrons. The molecule has 0 unspecified atom stereocenters. The minimum absolute atomic E-state index is 0.287. The van der Waals surface area contributed by atoms with E-state index in [1.807, 2.05) is 47.4 Å². The van der Waals surface area contributed by atoms with Crippen LogP contribution >= 0.6 is 11.6 Å². The van der Waals surface area contributed by atoms with Crippen LogP contribution in [-0.4, -0.2) is 67.5 Å². The molecule has 0 aliphatic carbocycles. The molecule has 0 saturated carbocycles. The lowest BCUT2D eigenvalue weighted by Gasteiger charge is -2.22. The molecule has 0 aliphatic rings. The molecule has 0 bridgehead atoms. The van der Waals surface area contributed by atoms with E-state index in [9.17, 15) is 0 Å². The van der Waals surface area contributed by atoms with Gasteiger partial charge in [-0.15, -0.1) is 0 Å². The summed E-state index contributed by atoms with van der Waals surface area (Å²) in [4.78, 5) is 15.5. The van der Waals surface area contributed by atoms with Crippen molar-refractivity contribution < 1.29 is 9.47 Å². The summed E-state index contributed by atoms with van der Waals surface area (Å²) in [6, 6.07) is 1.53. The predicted octanol–water partition coefficient (Wildman–Crippen LogP) is 2.97. The van der Waals surface area contributed by atoms with Crippen molar-refractivity contribution >= 4 is 22.6 Å². The van der Waals surface area contributed by atoms with Crippen LogP contribution in [0.4, 0.5) is 0 Å². The largest absolute Gasteiger partial charge is 0.500 e. The van der Waals surface area contributed by atoms with Gasteiger partial charge in [0.15, 0.2) is 5.82 Å². The molecule has 4 aromatic rings. The van der Waals surface area contributed by atoms with E-state index < -0.39 is 0 Å². The van der Waals surface area contributed by atoms with Crippen LogP contribution in [0.2, 0.25) is 5.02 Å². The molecule has 1 N–H and O–H groups in total. The third-order valence-electron chi connectivity index (χ3n) is 5.08. The highest BCUT2D eigenvalue weighted by Gasteiger charge is 2.27. The van der Waals surface area contributed by atoms with Gasteiger partial charge >= 0.3 is 0 Å². The fourth-order valence-electron chi connectivity index (χ4n) is 3.62. The number of methoxy groups -OCH3 is 2. The van der Waals surface area contributed by atoms with Gasteiger partial charge in [0.2, 0.25) is 5.88 Å². The van der Waals surface area contributed by atoms with E-state index >= 15 is 0 Å². The zero-order valence-electron chi connectivity index (χ0n) is 17.9. The summed E-state index contributed by atoms with van der Waals surface area (Å²) in [6.45, 7) is 3.98. The summed E-state index contributed by atoms with van der Waals surface area (Å²) < 4.78 is 14.5. The maximum Gasteiger partial charge on any atom is 0.233 e. The Bertz CT molecular complexity index is 1240. The van der Waals surface area contributed by atoms with Gasteiger partial charge in [0.05, 0.1) is 26.1 Å².